The highest BCUT2D eigenvalue weighted by Gasteiger charge is 2.64. The van der Waals surface area contributed by atoms with Gasteiger partial charge in [-0.1, -0.05) is 41.9 Å². The third kappa shape index (κ3) is 4.49. The predicted octanol–water partition coefficient (Wildman–Crippen LogP) is 4.91. The summed E-state index contributed by atoms with van der Waals surface area (Å²) in [5.74, 6) is -1.33. The van der Waals surface area contributed by atoms with Crippen molar-refractivity contribution in [1.82, 2.24) is 4.72 Å². The maximum atomic E-state index is 13.3. The largest absolute Gasteiger partial charge is 0.480 e. The first-order valence-electron chi connectivity index (χ1n) is 11.0. The van der Waals surface area contributed by atoms with Crippen molar-refractivity contribution < 1.29 is 23.1 Å². The summed E-state index contributed by atoms with van der Waals surface area (Å²) in [4.78, 5) is 17.7. The number of hydrogen-bond donors (Lipinski definition) is 2. The predicted molar refractivity (Wildman–Crippen MR) is 136 cm³/mol. The maximum Gasteiger partial charge on any atom is 0.325 e. The van der Waals surface area contributed by atoms with E-state index in [-0.39, 0.29) is 16.2 Å². The van der Waals surface area contributed by atoms with Crippen LogP contribution >= 0.6 is 22.9 Å². The van der Waals surface area contributed by atoms with Crippen molar-refractivity contribution in [2.75, 3.05) is 6.61 Å². The van der Waals surface area contributed by atoms with Gasteiger partial charge in [0.05, 0.1) is 5.54 Å². The number of nitrogens with zero attached hydrogens (tertiary/aromatic N) is 1. The van der Waals surface area contributed by atoms with Crippen molar-refractivity contribution in [3.8, 4) is 10.4 Å². The van der Waals surface area contributed by atoms with Crippen LogP contribution in [0.1, 0.15) is 37.3 Å². The number of hydrogen-bond acceptors (Lipinski definition) is 6. The van der Waals surface area contributed by atoms with Gasteiger partial charge in [-0.05, 0) is 61.7 Å². The molecule has 35 heavy (non-hydrogen) atoms. The Hall–Kier alpha value is -2.72. The lowest BCUT2D eigenvalue weighted by molar-refractivity contribution is -0.140. The summed E-state index contributed by atoms with van der Waals surface area (Å²) < 4.78 is 34.8. The van der Waals surface area contributed by atoms with E-state index in [0.29, 0.717) is 28.7 Å². The SMILES string of the molecule is CC1(C)COC(c2ccccc2C2CC2(NS(=O)(=O)c2ccc(-c3ccc(Cl)cc3)s2)C(=O)O)=N1. The molecule has 0 saturated heterocycles. The third-order valence-electron chi connectivity index (χ3n) is 6.17. The summed E-state index contributed by atoms with van der Waals surface area (Å²) in [6.45, 7) is 4.33. The van der Waals surface area contributed by atoms with Gasteiger partial charge in [0.15, 0.2) is 0 Å². The quantitative estimate of drug-likeness (QED) is 0.451. The van der Waals surface area contributed by atoms with Gasteiger partial charge in [-0.3, -0.25) is 4.79 Å². The number of benzene rings is 2. The summed E-state index contributed by atoms with van der Waals surface area (Å²) in [7, 11) is -4.09. The van der Waals surface area contributed by atoms with E-state index in [1.165, 1.54) is 6.07 Å². The average Bonchev–Trinajstić information content (AvgIpc) is 3.14. The number of nitrogens with one attached hydrogen (secondary N) is 1. The fourth-order valence-corrected chi connectivity index (χ4v) is 7.12. The molecule has 182 valence electrons. The molecule has 2 heterocycles. The second-order valence-corrected chi connectivity index (χ2v) is 12.8. The normalized spacial score (nSPS) is 22.9. The molecule has 1 aromatic heterocycles. The number of rotatable bonds is 7. The Morgan fingerprint density at radius 1 is 1.14 bits per heavy atom. The molecule has 2 atom stereocenters. The minimum atomic E-state index is -4.09. The van der Waals surface area contributed by atoms with Gasteiger partial charge in [0, 0.05) is 21.4 Å². The number of aliphatic carboxylic acids is 1. The lowest BCUT2D eigenvalue weighted by Gasteiger charge is -2.16. The van der Waals surface area contributed by atoms with Crippen molar-refractivity contribution in [1.29, 1.82) is 0 Å². The molecule has 10 heteroatoms. The van der Waals surface area contributed by atoms with Crippen molar-refractivity contribution in [2.45, 2.75) is 41.5 Å². The number of carboxylic acid groups (broad SMARTS) is 1. The van der Waals surface area contributed by atoms with Gasteiger partial charge in [-0.2, -0.15) is 4.72 Å². The molecule has 1 fully saturated rings. The maximum absolute atomic E-state index is 13.3. The second kappa shape index (κ2) is 8.44. The summed E-state index contributed by atoms with van der Waals surface area (Å²) in [5, 5.41) is 10.7. The van der Waals surface area contributed by atoms with Crippen LogP contribution in [-0.4, -0.2) is 43.1 Å². The Morgan fingerprint density at radius 3 is 2.51 bits per heavy atom. The monoisotopic (exact) mass is 530 g/mol. The number of ether oxygens (including phenoxy) is 1. The smallest absolute Gasteiger partial charge is 0.325 e. The van der Waals surface area contributed by atoms with Gasteiger partial charge < -0.3 is 9.84 Å². The zero-order chi connectivity index (χ0) is 25.0. The van der Waals surface area contributed by atoms with Crippen LogP contribution in [-0.2, 0) is 19.6 Å². The number of thiophene rings is 1. The van der Waals surface area contributed by atoms with Crippen LogP contribution in [0.15, 0.2) is 69.9 Å². The highest BCUT2D eigenvalue weighted by Crippen LogP contribution is 2.54. The van der Waals surface area contributed by atoms with E-state index in [9.17, 15) is 18.3 Å². The molecule has 5 rings (SSSR count). The summed E-state index contributed by atoms with van der Waals surface area (Å²) in [6, 6.07) is 17.5. The minimum absolute atomic E-state index is 0.0484. The molecular formula is C25H23ClN2O5S2. The molecule has 0 amide bonds. The van der Waals surface area contributed by atoms with E-state index in [0.717, 1.165) is 21.8 Å². The van der Waals surface area contributed by atoms with E-state index < -0.39 is 27.4 Å². The van der Waals surface area contributed by atoms with Crippen LogP contribution in [0, 0.1) is 0 Å². The zero-order valence-corrected chi connectivity index (χ0v) is 21.4. The van der Waals surface area contributed by atoms with Gasteiger partial charge in [0.1, 0.15) is 16.4 Å². The molecule has 0 spiro atoms. The Kier molecular flexibility index (Phi) is 5.79. The number of halogens is 1. The van der Waals surface area contributed by atoms with E-state index in [2.05, 4.69) is 9.71 Å². The topological polar surface area (TPSA) is 105 Å². The van der Waals surface area contributed by atoms with Gasteiger partial charge in [0.25, 0.3) is 10.0 Å². The van der Waals surface area contributed by atoms with Gasteiger partial charge >= 0.3 is 5.97 Å². The molecule has 2 N–H and O–H groups in total. The Balaban J connectivity index is 1.44. The molecule has 2 unspecified atom stereocenters. The first-order chi connectivity index (χ1) is 16.5. The van der Waals surface area contributed by atoms with Crippen LogP contribution in [0.25, 0.3) is 10.4 Å². The molecule has 1 aliphatic heterocycles. The standard InChI is InChI=1S/C25H23ClN2O5S2/c1-24(2)14-33-22(27-24)18-6-4-3-5-17(18)19-13-25(19,23(29)30)28-35(31,32)21-12-11-20(34-21)15-7-9-16(26)10-8-15/h3-12,19,28H,13-14H2,1-2H3,(H,29,30). The molecule has 3 aromatic rings. The highest BCUT2D eigenvalue weighted by atomic mass is 35.5. The first kappa shape index (κ1) is 24.0. The number of aliphatic imine (C=N–C) groups is 1. The van der Waals surface area contributed by atoms with Crippen molar-refractivity contribution in [3.05, 3.63) is 76.8 Å². The molecule has 1 aliphatic carbocycles. The fourth-order valence-electron chi connectivity index (χ4n) is 4.27. The van der Waals surface area contributed by atoms with Crippen LogP contribution in [0.2, 0.25) is 5.02 Å². The molecule has 7 nitrogen and oxygen atoms in total. The van der Waals surface area contributed by atoms with Crippen molar-refractivity contribution in [2.24, 2.45) is 4.99 Å². The summed E-state index contributed by atoms with van der Waals surface area (Å²) in [5.41, 5.74) is 0.188. The number of sulfonamides is 1. The average molecular weight is 531 g/mol. The van der Waals surface area contributed by atoms with Gasteiger partial charge in [0.2, 0.25) is 5.90 Å². The first-order valence-corrected chi connectivity index (χ1v) is 13.6. The summed E-state index contributed by atoms with van der Waals surface area (Å²) in [6.07, 6.45) is 0.130. The highest BCUT2D eigenvalue weighted by molar-refractivity contribution is 7.91. The van der Waals surface area contributed by atoms with Crippen molar-refractivity contribution in [3.63, 3.8) is 0 Å². The zero-order valence-electron chi connectivity index (χ0n) is 19.0. The lowest BCUT2D eigenvalue weighted by Crippen LogP contribution is -2.44. The van der Waals surface area contributed by atoms with E-state index in [1.54, 1.807) is 42.5 Å². The molecule has 0 radical (unpaired) electrons. The van der Waals surface area contributed by atoms with Crippen LogP contribution in [0.4, 0.5) is 0 Å². The molecular weight excluding hydrogens is 508 g/mol. The minimum Gasteiger partial charge on any atom is -0.480 e. The Bertz CT molecular complexity index is 1450. The molecule has 0 bridgehead atoms. The number of carboxylic acids is 1. The molecule has 2 aliphatic rings. The molecule has 1 saturated carbocycles. The van der Waals surface area contributed by atoms with E-state index >= 15 is 0 Å². The lowest BCUT2D eigenvalue weighted by atomic mass is 10.00. The summed E-state index contributed by atoms with van der Waals surface area (Å²) >= 11 is 7.02. The Morgan fingerprint density at radius 2 is 1.86 bits per heavy atom. The third-order valence-corrected chi connectivity index (χ3v) is 9.55. The Labute approximate surface area is 212 Å². The van der Waals surface area contributed by atoms with Crippen LogP contribution in [0.5, 0.6) is 0 Å². The fraction of sp³-hybridized carbons (Fsp3) is 0.280. The van der Waals surface area contributed by atoms with E-state index in [1.807, 2.05) is 26.0 Å². The van der Waals surface area contributed by atoms with Gasteiger partial charge in [-0.25, -0.2) is 13.4 Å². The number of carbonyl (C=O) groups is 1. The molecule has 2 aromatic carbocycles. The van der Waals surface area contributed by atoms with E-state index in [4.69, 9.17) is 16.3 Å². The second-order valence-electron chi connectivity index (χ2n) is 9.37. The van der Waals surface area contributed by atoms with Crippen LogP contribution in [0.3, 0.4) is 0 Å². The van der Waals surface area contributed by atoms with Crippen molar-refractivity contribution >= 4 is 44.8 Å². The van der Waals surface area contributed by atoms with Crippen LogP contribution < -0.4 is 4.72 Å². The van der Waals surface area contributed by atoms with Gasteiger partial charge in [-0.15, -0.1) is 11.3 Å².